The molecule has 0 bridgehead atoms. The first-order valence-corrected chi connectivity index (χ1v) is 7.03. The lowest BCUT2D eigenvalue weighted by Gasteiger charge is -1.95. The Morgan fingerprint density at radius 3 is 3.00 bits per heavy atom. The van der Waals surface area contributed by atoms with E-state index in [9.17, 15) is 14.9 Å². The van der Waals surface area contributed by atoms with Gasteiger partial charge in [-0.15, -0.1) is 11.3 Å². The molecule has 0 saturated carbocycles. The van der Waals surface area contributed by atoms with Crippen molar-refractivity contribution in [1.82, 2.24) is 4.98 Å². The summed E-state index contributed by atoms with van der Waals surface area (Å²) in [5.74, 6) is -0.455. The Kier molecular flexibility index (Phi) is 4.78. The Morgan fingerprint density at radius 1 is 1.48 bits per heavy atom. The number of hydrogen-bond donors (Lipinski definition) is 0. The number of nitro groups is 1. The van der Waals surface area contributed by atoms with Crippen LogP contribution < -0.4 is 0 Å². The first kappa shape index (κ1) is 14.9. The molecule has 0 N–H and O–H groups in total. The summed E-state index contributed by atoms with van der Waals surface area (Å²) in [7, 11) is 0. The van der Waals surface area contributed by atoms with Crippen LogP contribution in [0.2, 0.25) is 0 Å². The molecule has 0 amide bonds. The van der Waals surface area contributed by atoms with E-state index in [2.05, 4.69) is 4.98 Å². The number of hydrogen-bond acceptors (Lipinski definition) is 6. The number of rotatable bonds is 5. The topological polar surface area (TPSA) is 82.3 Å². The number of carbonyl (C=O) groups excluding carboxylic acids is 1. The predicted octanol–water partition coefficient (Wildman–Crippen LogP) is 3.40. The fraction of sp³-hybridized carbons (Fsp3) is 0.143. The van der Waals surface area contributed by atoms with Gasteiger partial charge < -0.3 is 4.74 Å². The Balaban J connectivity index is 2.13. The van der Waals surface area contributed by atoms with Crippen molar-refractivity contribution in [2.75, 3.05) is 6.61 Å². The molecule has 6 nitrogen and oxygen atoms in total. The Labute approximate surface area is 124 Å². The molecule has 7 heteroatoms. The zero-order valence-electron chi connectivity index (χ0n) is 11.2. The first-order chi connectivity index (χ1) is 10.1. The van der Waals surface area contributed by atoms with Crippen LogP contribution in [0.3, 0.4) is 0 Å². The van der Waals surface area contributed by atoms with E-state index >= 15 is 0 Å². The number of non-ortho nitro benzene ring substituents is 1. The maximum atomic E-state index is 11.5. The summed E-state index contributed by atoms with van der Waals surface area (Å²) < 4.78 is 4.85. The monoisotopic (exact) mass is 304 g/mol. The third-order valence-electron chi connectivity index (χ3n) is 2.51. The van der Waals surface area contributed by atoms with Crippen LogP contribution in [0.15, 0.2) is 29.6 Å². The van der Waals surface area contributed by atoms with Crippen LogP contribution >= 0.6 is 11.3 Å². The average molecular weight is 304 g/mol. The van der Waals surface area contributed by atoms with Crippen LogP contribution in [0.4, 0.5) is 5.69 Å². The minimum absolute atomic E-state index is 0.0310. The lowest BCUT2D eigenvalue weighted by molar-refractivity contribution is -0.384. The van der Waals surface area contributed by atoms with Gasteiger partial charge in [0.25, 0.3) is 5.69 Å². The van der Waals surface area contributed by atoms with E-state index in [0.717, 1.165) is 0 Å². The van der Waals surface area contributed by atoms with E-state index in [1.165, 1.54) is 23.5 Å². The second kappa shape index (κ2) is 6.76. The number of carbonyl (C=O) groups is 1. The Hall–Kier alpha value is -2.54. The molecule has 2 aromatic rings. The van der Waals surface area contributed by atoms with Crippen molar-refractivity contribution in [1.29, 1.82) is 0 Å². The second-order valence-electron chi connectivity index (χ2n) is 3.98. The molecule has 0 atom stereocenters. The van der Waals surface area contributed by atoms with Gasteiger partial charge in [0, 0.05) is 17.5 Å². The number of benzene rings is 1. The summed E-state index contributed by atoms with van der Waals surface area (Å²) in [5, 5.41) is 12.9. The lowest BCUT2D eigenvalue weighted by atomic mass is 10.2. The third-order valence-corrected chi connectivity index (χ3v) is 3.32. The average Bonchev–Trinajstić information content (AvgIpc) is 2.95. The van der Waals surface area contributed by atoms with Crippen molar-refractivity contribution in [3.63, 3.8) is 0 Å². The van der Waals surface area contributed by atoms with E-state index in [1.54, 1.807) is 36.6 Å². The van der Waals surface area contributed by atoms with Gasteiger partial charge in [0.2, 0.25) is 0 Å². The van der Waals surface area contributed by atoms with E-state index in [1.807, 2.05) is 0 Å². The molecule has 0 saturated heterocycles. The normalized spacial score (nSPS) is 10.7. The van der Waals surface area contributed by atoms with Crippen LogP contribution in [0.1, 0.15) is 28.0 Å². The molecule has 0 aliphatic carbocycles. The molecule has 1 aromatic carbocycles. The first-order valence-electron chi connectivity index (χ1n) is 6.15. The maximum absolute atomic E-state index is 11.5. The zero-order chi connectivity index (χ0) is 15.2. The van der Waals surface area contributed by atoms with Crippen LogP contribution in [0, 0.1) is 10.1 Å². The van der Waals surface area contributed by atoms with E-state index < -0.39 is 10.9 Å². The molecular weight excluding hydrogens is 292 g/mol. The van der Waals surface area contributed by atoms with Crippen molar-refractivity contribution in [2.24, 2.45) is 0 Å². The van der Waals surface area contributed by atoms with Crippen molar-refractivity contribution >= 4 is 35.1 Å². The quantitative estimate of drug-likeness (QED) is 0.480. The van der Waals surface area contributed by atoms with Gasteiger partial charge in [-0.25, -0.2) is 9.78 Å². The highest BCUT2D eigenvalue weighted by atomic mass is 32.1. The number of aromatic nitrogens is 1. The summed E-state index contributed by atoms with van der Waals surface area (Å²) in [6, 6.07) is 6.27. The zero-order valence-corrected chi connectivity index (χ0v) is 12.0. The number of nitrogens with zero attached hydrogens (tertiary/aromatic N) is 2. The number of nitro benzene ring substituents is 1. The minimum atomic E-state index is -0.455. The molecule has 0 aliphatic rings. The molecular formula is C14H12N2O4S. The lowest BCUT2D eigenvalue weighted by Crippen LogP contribution is -2.04. The summed E-state index contributed by atoms with van der Waals surface area (Å²) in [5.41, 5.74) is 0.987. The van der Waals surface area contributed by atoms with Gasteiger partial charge in [0.05, 0.1) is 11.5 Å². The third kappa shape index (κ3) is 3.96. The fourth-order valence-corrected chi connectivity index (χ4v) is 2.25. The van der Waals surface area contributed by atoms with E-state index in [-0.39, 0.29) is 11.4 Å². The van der Waals surface area contributed by atoms with Crippen LogP contribution in [0.5, 0.6) is 0 Å². The largest absolute Gasteiger partial charge is 0.461 e. The van der Waals surface area contributed by atoms with E-state index in [4.69, 9.17) is 4.74 Å². The molecule has 21 heavy (non-hydrogen) atoms. The highest BCUT2D eigenvalue weighted by molar-refractivity contribution is 7.10. The van der Waals surface area contributed by atoms with Gasteiger partial charge in [-0.2, -0.15) is 0 Å². The molecule has 0 unspecified atom stereocenters. The summed E-state index contributed by atoms with van der Waals surface area (Å²) in [4.78, 5) is 25.8. The second-order valence-corrected chi connectivity index (χ2v) is 4.87. The fourth-order valence-electron chi connectivity index (χ4n) is 1.57. The smallest absolute Gasteiger partial charge is 0.357 e. The summed E-state index contributed by atoms with van der Waals surface area (Å²) >= 11 is 1.30. The Bertz CT molecular complexity index is 694. The van der Waals surface area contributed by atoms with Crippen molar-refractivity contribution < 1.29 is 14.5 Å². The van der Waals surface area contributed by atoms with Crippen molar-refractivity contribution in [3.8, 4) is 0 Å². The van der Waals surface area contributed by atoms with Gasteiger partial charge in [-0.3, -0.25) is 10.1 Å². The minimum Gasteiger partial charge on any atom is -0.461 e. The molecule has 1 heterocycles. The van der Waals surface area contributed by atoms with Gasteiger partial charge in [-0.1, -0.05) is 18.2 Å². The van der Waals surface area contributed by atoms with Crippen LogP contribution in [-0.2, 0) is 4.74 Å². The predicted molar refractivity (Wildman–Crippen MR) is 80.1 cm³/mol. The van der Waals surface area contributed by atoms with Crippen LogP contribution in [-0.4, -0.2) is 22.5 Å². The molecule has 1 aromatic heterocycles. The molecule has 0 spiro atoms. The molecule has 2 rings (SSSR count). The number of thiazole rings is 1. The molecule has 0 aliphatic heterocycles. The van der Waals surface area contributed by atoms with Crippen molar-refractivity contribution in [2.45, 2.75) is 6.92 Å². The highest BCUT2D eigenvalue weighted by Crippen LogP contribution is 2.17. The van der Waals surface area contributed by atoms with Crippen LogP contribution in [0.25, 0.3) is 12.2 Å². The van der Waals surface area contributed by atoms with Crippen molar-refractivity contribution in [3.05, 3.63) is 56.0 Å². The van der Waals surface area contributed by atoms with E-state index in [0.29, 0.717) is 17.2 Å². The Morgan fingerprint density at radius 2 is 2.29 bits per heavy atom. The summed E-state index contributed by atoms with van der Waals surface area (Å²) in [6.07, 6.45) is 3.41. The molecule has 0 radical (unpaired) electrons. The maximum Gasteiger partial charge on any atom is 0.357 e. The number of ether oxygens (including phenoxy) is 1. The van der Waals surface area contributed by atoms with Gasteiger partial charge in [0.15, 0.2) is 5.69 Å². The van der Waals surface area contributed by atoms with Gasteiger partial charge in [0.1, 0.15) is 5.01 Å². The van der Waals surface area contributed by atoms with Gasteiger partial charge in [-0.05, 0) is 18.6 Å². The molecule has 108 valence electrons. The standard InChI is InChI=1S/C14H12N2O4S/c1-2-20-14(17)12-9-21-13(15-12)7-6-10-4-3-5-11(8-10)16(18)19/h3-9H,2H2,1H3/b7-6+. The van der Waals surface area contributed by atoms with Gasteiger partial charge >= 0.3 is 5.97 Å². The molecule has 0 fully saturated rings. The highest BCUT2D eigenvalue weighted by Gasteiger charge is 2.10. The summed E-state index contributed by atoms with van der Waals surface area (Å²) in [6.45, 7) is 2.03. The SMILES string of the molecule is CCOC(=O)c1csc(/C=C/c2cccc([N+](=O)[O-])c2)n1. The number of esters is 1.